The molecule has 0 saturated heterocycles. The number of benzene rings is 1. The van der Waals surface area contributed by atoms with Crippen molar-refractivity contribution >= 4 is 17.4 Å². The molecule has 18 heavy (non-hydrogen) atoms. The van der Waals surface area contributed by atoms with Crippen molar-refractivity contribution in [1.82, 2.24) is 4.98 Å². The monoisotopic (exact) mass is 240 g/mol. The van der Waals surface area contributed by atoms with Gasteiger partial charge in [-0.1, -0.05) is 24.3 Å². The Morgan fingerprint density at radius 2 is 2.00 bits per heavy atom. The first-order valence-corrected chi connectivity index (χ1v) is 5.71. The Balaban J connectivity index is 2.08. The molecule has 4 nitrogen and oxygen atoms in total. The van der Waals surface area contributed by atoms with Crippen LogP contribution in [0.15, 0.2) is 42.5 Å². The molecule has 1 aliphatic heterocycles. The molecule has 0 saturated carbocycles. The van der Waals surface area contributed by atoms with Crippen LogP contribution in [0, 0.1) is 0 Å². The predicted octanol–water partition coefficient (Wildman–Crippen LogP) is 2.31. The molecule has 2 aromatic rings. The second-order valence-corrected chi connectivity index (χ2v) is 4.07. The summed E-state index contributed by atoms with van der Waals surface area (Å²) in [6.07, 6.45) is 0.426. The molecule has 0 atom stereocenters. The number of rotatable bonds is 2. The molecular formula is C14H12N2O2. The van der Waals surface area contributed by atoms with E-state index in [9.17, 15) is 4.79 Å². The lowest BCUT2D eigenvalue weighted by Gasteiger charge is -2.16. The average molecular weight is 240 g/mol. The molecule has 0 radical (unpaired) electrons. The minimum Gasteiger partial charge on any atom is -0.481 e. The number of fused-ring (bicyclic) bond motifs is 1. The van der Waals surface area contributed by atoms with Gasteiger partial charge in [0.1, 0.15) is 5.82 Å². The summed E-state index contributed by atoms with van der Waals surface area (Å²) in [5, 5.41) is 0. The van der Waals surface area contributed by atoms with Crippen LogP contribution in [0.25, 0.3) is 0 Å². The molecule has 0 bridgehead atoms. The number of pyridine rings is 1. The van der Waals surface area contributed by atoms with Crippen LogP contribution in [-0.4, -0.2) is 18.0 Å². The number of anilines is 2. The summed E-state index contributed by atoms with van der Waals surface area (Å²) in [5.41, 5.74) is 1.94. The molecule has 0 spiro atoms. The third-order valence-electron chi connectivity index (χ3n) is 2.97. The standard InChI is InChI=1S/C14H12N2O2/c1-18-13-8-4-7-12(15-13)16-11-6-3-2-5-10(11)9-14(16)17/h2-8H,9H2,1H3. The van der Waals surface area contributed by atoms with Crippen LogP contribution < -0.4 is 9.64 Å². The Kier molecular flexibility index (Phi) is 2.48. The molecule has 4 heteroatoms. The molecule has 0 aliphatic carbocycles. The number of amides is 1. The average Bonchev–Trinajstić information content (AvgIpc) is 2.74. The number of nitrogens with zero attached hydrogens (tertiary/aromatic N) is 2. The highest BCUT2D eigenvalue weighted by Crippen LogP contribution is 2.34. The van der Waals surface area contributed by atoms with Crippen molar-refractivity contribution in [1.29, 1.82) is 0 Å². The SMILES string of the molecule is COc1cccc(N2C(=O)Cc3ccccc32)n1. The zero-order chi connectivity index (χ0) is 12.5. The van der Waals surface area contributed by atoms with E-state index in [-0.39, 0.29) is 5.91 Å². The van der Waals surface area contributed by atoms with Gasteiger partial charge in [0.05, 0.1) is 19.2 Å². The molecule has 1 aliphatic rings. The highest BCUT2D eigenvalue weighted by Gasteiger charge is 2.28. The number of para-hydroxylation sites is 1. The van der Waals surface area contributed by atoms with Crippen molar-refractivity contribution < 1.29 is 9.53 Å². The third-order valence-corrected chi connectivity index (χ3v) is 2.97. The van der Waals surface area contributed by atoms with E-state index in [2.05, 4.69) is 4.98 Å². The summed E-state index contributed by atoms with van der Waals surface area (Å²) in [7, 11) is 1.56. The number of carbonyl (C=O) groups excluding carboxylic acids is 1. The van der Waals surface area contributed by atoms with Crippen molar-refractivity contribution in [2.24, 2.45) is 0 Å². The van der Waals surface area contributed by atoms with Gasteiger partial charge in [-0.3, -0.25) is 9.69 Å². The maximum Gasteiger partial charge on any atom is 0.237 e. The normalized spacial score (nSPS) is 13.6. The van der Waals surface area contributed by atoms with Crippen LogP contribution >= 0.6 is 0 Å². The molecule has 3 rings (SSSR count). The van der Waals surface area contributed by atoms with E-state index < -0.39 is 0 Å². The van der Waals surface area contributed by atoms with Gasteiger partial charge < -0.3 is 4.74 Å². The maximum atomic E-state index is 12.1. The first kappa shape index (κ1) is 10.8. The molecule has 2 heterocycles. The Hall–Kier alpha value is -2.36. The summed E-state index contributed by atoms with van der Waals surface area (Å²) in [6.45, 7) is 0. The first-order chi connectivity index (χ1) is 8.79. The van der Waals surface area contributed by atoms with Crippen molar-refractivity contribution in [2.45, 2.75) is 6.42 Å². The summed E-state index contributed by atoms with van der Waals surface area (Å²) in [6, 6.07) is 13.2. The smallest absolute Gasteiger partial charge is 0.237 e. The van der Waals surface area contributed by atoms with Crippen molar-refractivity contribution in [3.05, 3.63) is 48.0 Å². The molecule has 90 valence electrons. The number of hydrogen-bond acceptors (Lipinski definition) is 3. The fourth-order valence-electron chi connectivity index (χ4n) is 2.15. The minimum absolute atomic E-state index is 0.0388. The molecule has 0 N–H and O–H groups in total. The van der Waals surface area contributed by atoms with Gasteiger partial charge >= 0.3 is 0 Å². The zero-order valence-electron chi connectivity index (χ0n) is 9.96. The number of ether oxygens (including phenoxy) is 1. The number of methoxy groups -OCH3 is 1. The number of carbonyl (C=O) groups is 1. The lowest BCUT2D eigenvalue weighted by atomic mass is 10.2. The molecular weight excluding hydrogens is 228 g/mol. The van der Waals surface area contributed by atoms with Crippen LogP contribution in [0.3, 0.4) is 0 Å². The van der Waals surface area contributed by atoms with E-state index in [1.807, 2.05) is 36.4 Å². The van der Waals surface area contributed by atoms with Gasteiger partial charge in [0, 0.05) is 6.07 Å². The predicted molar refractivity (Wildman–Crippen MR) is 68.1 cm³/mol. The number of aromatic nitrogens is 1. The van der Waals surface area contributed by atoms with E-state index in [0.29, 0.717) is 18.1 Å². The summed E-state index contributed by atoms with van der Waals surface area (Å²) in [5.74, 6) is 1.14. The molecule has 0 unspecified atom stereocenters. The molecule has 1 amide bonds. The van der Waals surface area contributed by atoms with Crippen LogP contribution in [0.1, 0.15) is 5.56 Å². The van der Waals surface area contributed by atoms with Gasteiger partial charge in [0.25, 0.3) is 0 Å². The fraction of sp³-hybridized carbons (Fsp3) is 0.143. The van der Waals surface area contributed by atoms with E-state index in [4.69, 9.17) is 4.74 Å². The summed E-state index contributed by atoms with van der Waals surface area (Å²) in [4.78, 5) is 18.0. The summed E-state index contributed by atoms with van der Waals surface area (Å²) >= 11 is 0. The lowest BCUT2D eigenvalue weighted by molar-refractivity contribution is -0.116. The van der Waals surface area contributed by atoms with Crippen molar-refractivity contribution in [2.75, 3.05) is 12.0 Å². The van der Waals surface area contributed by atoms with Crippen LogP contribution in [0.2, 0.25) is 0 Å². The molecule has 1 aromatic carbocycles. The Bertz CT molecular complexity index is 610. The highest BCUT2D eigenvalue weighted by molar-refractivity contribution is 6.06. The molecule has 1 aromatic heterocycles. The second kappa shape index (κ2) is 4.14. The van der Waals surface area contributed by atoms with Gasteiger partial charge in [-0.15, -0.1) is 0 Å². The Labute approximate surface area is 105 Å². The third kappa shape index (κ3) is 1.62. The van der Waals surface area contributed by atoms with E-state index in [0.717, 1.165) is 11.3 Å². The summed E-state index contributed by atoms with van der Waals surface area (Å²) < 4.78 is 5.09. The van der Waals surface area contributed by atoms with Gasteiger partial charge in [0.2, 0.25) is 11.8 Å². The van der Waals surface area contributed by atoms with Crippen molar-refractivity contribution in [3.8, 4) is 5.88 Å². The van der Waals surface area contributed by atoms with Gasteiger partial charge in [0.15, 0.2) is 0 Å². The maximum absolute atomic E-state index is 12.1. The first-order valence-electron chi connectivity index (χ1n) is 5.71. The Morgan fingerprint density at radius 1 is 1.17 bits per heavy atom. The van der Waals surface area contributed by atoms with Crippen molar-refractivity contribution in [3.63, 3.8) is 0 Å². The van der Waals surface area contributed by atoms with Crippen LogP contribution in [0.4, 0.5) is 11.5 Å². The quantitative estimate of drug-likeness (QED) is 0.809. The largest absolute Gasteiger partial charge is 0.481 e. The minimum atomic E-state index is 0.0388. The van der Waals surface area contributed by atoms with Gasteiger partial charge in [-0.25, -0.2) is 0 Å². The topological polar surface area (TPSA) is 42.4 Å². The van der Waals surface area contributed by atoms with Gasteiger partial charge in [-0.2, -0.15) is 4.98 Å². The fourth-order valence-corrected chi connectivity index (χ4v) is 2.15. The Morgan fingerprint density at radius 3 is 2.83 bits per heavy atom. The van der Waals surface area contributed by atoms with Gasteiger partial charge in [-0.05, 0) is 17.7 Å². The van der Waals surface area contributed by atoms with E-state index in [1.54, 1.807) is 18.1 Å². The van der Waals surface area contributed by atoms with Crippen LogP contribution in [-0.2, 0) is 11.2 Å². The molecule has 0 fully saturated rings. The lowest BCUT2D eigenvalue weighted by Crippen LogP contribution is -2.21. The zero-order valence-corrected chi connectivity index (χ0v) is 9.96. The van der Waals surface area contributed by atoms with E-state index in [1.165, 1.54) is 0 Å². The van der Waals surface area contributed by atoms with Crippen LogP contribution in [0.5, 0.6) is 5.88 Å². The van der Waals surface area contributed by atoms with E-state index >= 15 is 0 Å². The number of hydrogen-bond donors (Lipinski definition) is 0. The second-order valence-electron chi connectivity index (χ2n) is 4.07. The highest BCUT2D eigenvalue weighted by atomic mass is 16.5.